The minimum atomic E-state index is -0.694. The second-order valence-electron chi connectivity index (χ2n) is 10.6. The van der Waals surface area contributed by atoms with Crippen LogP contribution in [0, 0.1) is 0 Å². The quantitative estimate of drug-likeness (QED) is 0.421. The molecule has 2 heterocycles. The minimum Gasteiger partial charge on any atom is -0.456 e. The van der Waals surface area contributed by atoms with Gasteiger partial charge in [0.1, 0.15) is 22.8 Å². The lowest BCUT2D eigenvalue weighted by Gasteiger charge is -2.36. The number of esters is 1. The Bertz CT molecular complexity index is 1100. The zero-order valence-corrected chi connectivity index (χ0v) is 22.5. The van der Waals surface area contributed by atoms with E-state index in [0.717, 1.165) is 11.1 Å². The summed E-state index contributed by atoms with van der Waals surface area (Å²) in [6.45, 7) is 11.2. The predicted octanol–water partition coefficient (Wildman–Crippen LogP) is 5.05. The molecule has 1 atom stereocenters. The molecule has 1 aliphatic heterocycles. The number of rotatable bonds is 5. The first-order chi connectivity index (χ1) is 16.7. The fraction of sp³-hybridized carbons (Fsp3) is 0.500. The number of alkyl carbamates (subject to hydrolysis) is 1. The number of nitrogens with two attached hydrogens (primary N) is 1. The van der Waals surface area contributed by atoms with Crippen molar-refractivity contribution in [2.75, 3.05) is 18.8 Å². The first-order valence-electron chi connectivity index (χ1n) is 11.8. The number of hydrogen-bond acceptors (Lipinski definition) is 8. The van der Waals surface area contributed by atoms with Crippen LogP contribution in [0.4, 0.5) is 14.6 Å². The summed E-state index contributed by atoms with van der Waals surface area (Å²) in [4.78, 5) is 40.7. The summed E-state index contributed by atoms with van der Waals surface area (Å²) < 4.78 is 16.5. The lowest BCUT2D eigenvalue weighted by atomic mass is 9.97. The van der Waals surface area contributed by atoms with Crippen LogP contribution in [0.2, 0.25) is 0 Å². The summed E-state index contributed by atoms with van der Waals surface area (Å²) in [6.07, 6.45) is -0.721. The van der Waals surface area contributed by atoms with E-state index >= 15 is 0 Å². The maximum Gasteiger partial charge on any atom is 0.410 e. The molecule has 2 amide bonds. The Morgan fingerprint density at radius 2 is 1.69 bits per heavy atom. The van der Waals surface area contributed by atoms with E-state index in [1.54, 1.807) is 46.4 Å². The van der Waals surface area contributed by atoms with E-state index in [2.05, 4.69) is 5.32 Å². The number of amides is 2. The number of thiophene rings is 1. The smallest absolute Gasteiger partial charge is 0.410 e. The zero-order valence-electron chi connectivity index (χ0n) is 21.7. The van der Waals surface area contributed by atoms with Crippen molar-refractivity contribution in [2.24, 2.45) is 0 Å². The Labute approximate surface area is 215 Å². The number of hydrogen-bond donors (Lipinski definition) is 2. The van der Waals surface area contributed by atoms with Crippen LogP contribution in [-0.2, 0) is 27.2 Å². The monoisotopic (exact) mass is 517 g/mol. The molecule has 0 aliphatic carbocycles. The summed E-state index contributed by atoms with van der Waals surface area (Å²) in [6, 6.07) is 8.74. The van der Waals surface area contributed by atoms with Gasteiger partial charge in [-0.3, -0.25) is 4.90 Å². The highest BCUT2D eigenvalue weighted by Crippen LogP contribution is 2.42. The fourth-order valence-electron chi connectivity index (χ4n) is 3.80. The lowest BCUT2D eigenvalue weighted by molar-refractivity contribution is 0.00689. The number of benzene rings is 1. The van der Waals surface area contributed by atoms with Crippen molar-refractivity contribution < 1.29 is 28.6 Å². The zero-order chi connectivity index (χ0) is 26.7. The molecule has 0 bridgehead atoms. The highest BCUT2D eigenvalue weighted by atomic mass is 32.1. The molecule has 1 unspecified atom stereocenters. The maximum absolute atomic E-state index is 13.0. The third-order valence-corrected chi connectivity index (χ3v) is 6.39. The van der Waals surface area contributed by atoms with E-state index < -0.39 is 35.4 Å². The van der Waals surface area contributed by atoms with Gasteiger partial charge in [0, 0.05) is 18.0 Å². The van der Waals surface area contributed by atoms with Crippen molar-refractivity contribution in [1.82, 2.24) is 10.2 Å². The summed E-state index contributed by atoms with van der Waals surface area (Å²) >= 11 is 1.22. The summed E-state index contributed by atoms with van der Waals surface area (Å²) in [5, 5.41) is 3.06. The van der Waals surface area contributed by atoms with E-state index in [-0.39, 0.29) is 13.2 Å². The number of fused-ring (bicyclic) bond motifs is 1. The average molecular weight is 518 g/mol. The number of nitrogen functional groups attached to an aromatic ring is 1. The molecule has 10 heteroatoms. The predicted molar refractivity (Wildman–Crippen MR) is 138 cm³/mol. The molecule has 1 aromatic heterocycles. The molecule has 36 heavy (non-hydrogen) atoms. The SMILES string of the molecule is CC(C)(C)OC(=O)c1c(N)sc2c1CCN(C(=O)OC(C)(C)C)C2CNC(=O)OCc1ccccc1. The van der Waals surface area contributed by atoms with Gasteiger partial charge in [-0.1, -0.05) is 30.3 Å². The molecule has 3 rings (SSSR count). The van der Waals surface area contributed by atoms with Gasteiger partial charge in [-0.2, -0.15) is 0 Å². The molecular weight excluding hydrogens is 482 g/mol. The molecule has 9 nitrogen and oxygen atoms in total. The van der Waals surface area contributed by atoms with Gasteiger partial charge in [0.15, 0.2) is 0 Å². The van der Waals surface area contributed by atoms with Gasteiger partial charge in [-0.15, -0.1) is 11.3 Å². The van der Waals surface area contributed by atoms with Crippen LogP contribution in [0.25, 0.3) is 0 Å². The van der Waals surface area contributed by atoms with Gasteiger partial charge < -0.3 is 25.3 Å². The van der Waals surface area contributed by atoms with Gasteiger partial charge in [0.2, 0.25) is 0 Å². The molecular formula is C26H35N3O6S. The maximum atomic E-state index is 13.0. The number of ether oxygens (including phenoxy) is 3. The summed E-state index contributed by atoms with van der Waals surface area (Å²) in [5.41, 5.74) is 6.80. The van der Waals surface area contributed by atoms with Crippen LogP contribution in [0.15, 0.2) is 30.3 Å². The molecule has 0 fully saturated rings. The molecule has 1 aliphatic rings. The summed E-state index contributed by atoms with van der Waals surface area (Å²) in [5.74, 6) is -0.503. The number of nitrogens with zero attached hydrogens (tertiary/aromatic N) is 1. The molecule has 1 aromatic carbocycles. The van der Waals surface area contributed by atoms with Crippen LogP contribution < -0.4 is 11.1 Å². The number of anilines is 1. The Morgan fingerprint density at radius 3 is 2.31 bits per heavy atom. The molecule has 2 aromatic rings. The van der Waals surface area contributed by atoms with E-state index in [9.17, 15) is 14.4 Å². The highest BCUT2D eigenvalue weighted by Gasteiger charge is 2.39. The first-order valence-corrected chi connectivity index (χ1v) is 12.7. The lowest BCUT2D eigenvalue weighted by Crippen LogP contribution is -2.46. The standard InChI is InChI=1S/C26H35N3O6S/c1-25(2,3)34-22(30)19-17-12-13-29(24(32)35-26(4,5)6)18(20(17)36-21(19)27)14-28-23(31)33-15-16-10-8-7-9-11-16/h7-11,18H,12-15,27H2,1-6H3,(H,28,31). The third kappa shape index (κ3) is 7.13. The average Bonchev–Trinajstić information content (AvgIpc) is 3.10. The van der Waals surface area contributed by atoms with Crippen molar-refractivity contribution in [1.29, 1.82) is 0 Å². The van der Waals surface area contributed by atoms with Crippen molar-refractivity contribution >= 4 is 34.5 Å². The normalized spacial score (nSPS) is 15.6. The third-order valence-electron chi connectivity index (χ3n) is 5.23. The Morgan fingerprint density at radius 1 is 1.06 bits per heavy atom. The second kappa shape index (κ2) is 10.8. The van der Waals surface area contributed by atoms with E-state index in [1.807, 2.05) is 30.3 Å². The number of carbonyl (C=O) groups excluding carboxylic acids is 3. The van der Waals surface area contributed by atoms with Gasteiger partial charge in [-0.05, 0) is 59.1 Å². The highest BCUT2D eigenvalue weighted by molar-refractivity contribution is 7.16. The second-order valence-corrected chi connectivity index (χ2v) is 11.7. The van der Waals surface area contributed by atoms with E-state index in [1.165, 1.54) is 11.3 Å². The van der Waals surface area contributed by atoms with Crippen molar-refractivity contribution in [3.8, 4) is 0 Å². The summed E-state index contributed by atoms with van der Waals surface area (Å²) in [7, 11) is 0. The Balaban J connectivity index is 1.83. The molecule has 196 valence electrons. The Hall–Kier alpha value is -3.27. The molecule has 0 saturated carbocycles. The van der Waals surface area contributed by atoms with E-state index in [4.69, 9.17) is 19.9 Å². The molecule has 3 N–H and O–H groups in total. The van der Waals surface area contributed by atoms with E-state index in [0.29, 0.717) is 28.4 Å². The van der Waals surface area contributed by atoms with Crippen molar-refractivity contribution in [3.05, 3.63) is 51.9 Å². The fourth-order valence-corrected chi connectivity index (χ4v) is 5.02. The van der Waals surface area contributed by atoms with Gasteiger partial charge in [-0.25, -0.2) is 14.4 Å². The van der Waals surface area contributed by atoms with Crippen LogP contribution in [0.3, 0.4) is 0 Å². The number of carbonyl (C=O) groups is 3. The molecule has 0 saturated heterocycles. The molecule has 0 spiro atoms. The van der Waals surface area contributed by atoms with Crippen molar-refractivity contribution in [2.45, 2.75) is 71.8 Å². The first kappa shape index (κ1) is 27.3. The Kier molecular flexibility index (Phi) is 8.18. The van der Waals surface area contributed by atoms with Crippen LogP contribution in [0.1, 0.15) is 73.9 Å². The van der Waals surface area contributed by atoms with Gasteiger partial charge >= 0.3 is 18.2 Å². The van der Waals surface area contributed by atoms with Gasteiger partial charge in [0.25, 0.3) is 0 Å². The van der Waals surface area contributed by atoms with Crippen LogP contribution in [-0.4, -0.2) is 47.3 Å². The van der Waals surface area contributed by atoms with Crippen LogP contribution in [0.5, 0.6) is 0 Å². The largest absolute Gasteiger partial charge is 0.456 e. The van der Waals surface area contributed by atoms with Crippen molar-refractivity contribution in [3.63, 3.8) is 0 Å². The van der Waals surface area contributed by atoms with Crippen LogP contribution >= 0.6 is 11.3 Å². The minimum absolute atomic E-state index is 0.0631. The number of nitrogens with one attached hydrogen (secondary N) is 1. The van der Waals surface area contributed by atoms with Gasteiger partial charge in [0.05, 0.1) is 11.6 Å². The topological polar surface area (TPSA) is 120 Å². The molecule has 0 radical (unpaired) electrons.